The van der Waals surface area contributed by atoms with Gasteiger partial charge in [-0.25, -0.2) is 4.79 Å². The minimum Gasteiger partial charge on any atom is -0.507 e. The lowest BCUT2D eigenvalue weighted by molar-refractivity contribution is -0.143. The van der Waals surface area contributed by atoms with Crippen molar-refractivity contribution in [2.45, 2.75) is 89.9 Å². The Labute approximate surface area is 372 Å². The van der Waals surface area contributed by atoms with Gasteiger partial charge in [0.1, 0.15) is 29.6 Å². The molecule has 0 fully saturated rings. The minimum atomic E-state index is -1.37. The molecule has 4 aromatic rings. The molecule has 4 aromatic carbocycles. The number of amides is 4. The normalized spacial score (nSPS) is 17.2. The van der Waals surface area contributed by atoms with Crippen LogP contribution in [0.2, 0.25) is 0 Å². The standard InChI is InChI=1S/C49H56N4O11/c1-6-7-8-30-9-12-32(13-10-30)33-14-16-34(17-15-33)48(62)52(4)39(27-54)47(61)50-29(3)40(55)21-22-44(59)53(5)45-35-18-20-42(57)37(26-35)36-24-31(11-19-41(36)56)25-38(49(63)64)51-46(60)28(2)23-43(45)58/h9-20,24,26,28-29,38-39,45,54,56-57H,6-8,21-23,25,27H2,1-5H3,(H,50,61)(H,51,60)(H,63,64)/t28-,29-,38+,39-,45+/m1/s1. The van der Waals surface area contributed by atoms with E-state index in [4.69, 9.17) is 0 Å². The number of carboxylic acid groups (broad SMARTS) is 1. The minimum absolute atomic E-state index is 0.0989. The number of phenols is 2. The molecule has 4 amide bonds. The number of nitrogens with zero attached hydrogens (tertiary/aromatic N) is 2. The molecule has 0 saturated heterocycles. The molecular weight excluding hydrogens is 821 g/mol. The first-order valence-corrected chi connectivity index (χ1v) is 21.3. The summed E-state index contributed by atoms with van der Waals surface area (Å²) in [7, 11) is 2.72. The van der Waals surface area contributed by atoms with Gasteiger partial charge in [-0.05, 0) is 84.0 Å². The van der Waals surface area contributed by atoms with Gasteiger partial charge in [0.15, 0.2) is 11.6 Å². The lowest BCUT2D eigenvalue weighted by Gasteiger charge is -2.30. The molecule has 338 valence electrons. The van der Waals surface area contributed by atoms with E-state index in [1.54, 1.807) is 24.3 Å². The van der Waals surface area contributed by atoms with Gasteiger partial charge < -0.3 is 40.9 Å². The number of hydrogen-bond acceptors (Lipinski definition) is 10. The third kappa shape index (κ3) is 11.6. The molecular formula is C49H56N4O11. The number of hydrogen-bond donors (Lipinski definition) is 6. The molecule has 0 aromatic heterocycles. The molecule has 5 rings (SSSR count). The summed E-state index contributed by atoms with van der Waals surface area (Å²) in [6.07, 6.45) is 1.90. The Hall–Kier alpha value is -6.87. The van der Waals surface area contributed by atoms with Crippen LogP contribution in [0.4, 0.5) is 0 Å². The summed E-state index contributed by atoms with van der Waals surface area (Å²) in [5.41, 5.74) is 4.30. The number of nitrogens with one attached hydrogen (secondary N) is 2. The molecule has 15 nitrogen and oxygen atoms in total. The zero-order valence-electron chi connectivity index (χ0n) is 36.7. The number of fused-ring (bicyclic) bond motifs is 5. The van der Waals surface area contributed by atoms with Crippen molar-refractivity contribution in [2.75, 3.05) is 20.7 Å². The van der Waals surface area contributed by atoms with E-state index >= 15 is 0 Å². The van der Waals surface area contributed by atoms with Crippen molar-refractivity contribution in [3.63, 3.8) is 0 Å². The van der Waals surface area contributed by atoms with E-state index in [0.717, 1.165) is 40.2 Å². The van der Waals surface area contributed by atoms with Crippen molar-refractivity contribution in [1.29, 1.82) is 0 Å². The van der Waals surface area contributed by atoms with Crippen LogP contribution in [0, 0.1) is 5.92 Å². The average Bonchev–Trinajstić information content (AvgIpc) is 3.28. The van der Waals surface area contributed by atoms with Crippen molar-refractivity contribution < 1.29 is 54.0 Å². The number of aliphatic hydroxyl groups excluding tert-OH is 1. The average molecular weight is 877 g/mol. The van der Waals surface area contributed by atoms with Gasteiger partial charge in [0.2, 0.25) is 17.7 Å². The molecule has 0 spiro atoms. The predicted molar refractivity (Wildman–Crippen MR) is 238 cm³/mol. The molecule has 0 radical (unpaired) electrons. The summed E-state index contributed by atoms with van der Waals surface area (Å²) in [4.78, 5) is 95.4. The van der Waals surface area contributed by atoms with Crippen LogP contribution in [0.1, 0.15) is 86.0 Å². The number of ketones is 2. The largest absolute Gasteiger partial charge is 0.507 e. The van der Waals surface area contributed by atoms with Gasteiger partial charge in [0.25, 0.3) is 5.91 Å². The van der Waals surface area contributed by atoms with Crippen LogP contribution in [-0.4, -0.2) is 110 Å². The number of unbranched alkanes of at least 4 members (excludes halogenated alkanes) is 1. The Kier molecular flexibility index (Phi) is 16.2. The Morgan fingerprint density at radius 2 is 1.44 bits per heavy atom. The molecule has 5 atom stereocenters. The third-order valence-corrected chi connectivity index (χ3v) is 11.7. The number of carboxylic acids is 1. The first kappa shape index (κ1) is 48.2. The molecule has 1 aliphatic heterocycles. The topological polar surface area (TPSA) is 231 Å². The zero-order chi connectivity index (χ0) is 46.8. The molecule has 4 bridgehead atoms. The van der Waals surface area contributed by atoms with Gasteiger partial charge >= 0.3 is 5.97 Å². The van der Waals surface area contributed by atoms with Crippen molar-refractivity contribution in [1.82, 2.24) is 20.4 Å². The molecule has 0 aliphatic carbocycles. The maximum absolute atomic E-state index is 14.0. The quantitative estimate of drug-likeness (QED) is 0.0933. The number of rotatable bonds is 15. The molecule has 64 heavy (non-hydrogen) atoms. The number of benzene rings is 4. The third-order valence-electron chi connectivity index (χ3n) is 11.7. The fourth-order valence-corrected chi connectivity index (χ4v) is 7.68. The molecule has 0 saturated carbocycles. The Morgan fingerprint density at radius 1 is 0.828 bits per heavy atom. The second-order valence-corrected chi connectivity index (χ2v) is 16.4. The summed E-state index contributed by atoms with van der Waals surface area (Å²) >= 11 is 0. The highest BCUT2D eigenvalue weighted by molar-refractivity contribution is 5.99. The smallest absolute Gasteiger partial charge is 0.326 e. The van der Waals surface area contributed by atoms with E-state index in [2.05, 4.69) is 29.7 Å². The SMILES string of the molecule is CCCCc1ccc(-c2ccc(C(=O)N(C)[C@H](CO)C(=O)N[C@H](C)C(=O)CCC(=O)N(C)[C@@H]3C(=O)C[C@@H](C)C(=O)N[C@H](C(=O)O)Cc4ccc(O)c(c4)-c4cc3ccc4O)cc2)cc1. The van der Waals surface area contributed by atoms with Crippen LogP contribution in [0.25, 0.3) is 22.3 Å². The second-order valence-electron chi connectivity index (χ2n) is 16.4. The van der Waals surface area contributed by atoms with Gasteiger partial charge in [0, 0.05) is 62.4 Å². The number of aliphatic hydroxyl groups is 1. The summed E-state index contributed by atoms with van der Waals surface area (Å²) < 4.78 is 0. The van der Waals surface area contributed by atoms with Crippen LogP contribution in [0.5, 0.6) is 11.5 Å². The van der Waals surface area contributed by atoms with Crippen molar-refractivity contribution >= 4 is 41.2 Å². The Bertz CT molecular complexity index is 2380. The highest BCUT2D eigenvalue weighted by Crippen LogP contribution is 2.39. The molecule has 1 aliphatic rings. The van der Waals surface area contributed by atoms with E-state index in [9.17, 15) is 54.0 Å². The van der Waals surface area contributed by atoms with Crippen LogP contribution < -0.4 is 10.6 Å². The number of carbonyl (C=O) groups excluding carboxylic acids is 6. The summed E-state index contributed by atoms with van der Waals surface area (Å²) in [6.45, 7) is 4.27. The van der Waals surface area contributed by atoms with Crippen molar-refractivity contribution in [3.05, 3.63) is 107 Å². The summed E-state index contributed by atoms with van der Waals surface area (Å²) in [6, 6.07) is 18.3. The van der Waals surface area contributed by atoms with Crippen LogP contribution in [0.3, 0.4) is 0 Å². The number of Topliss-reactive ketones (excluding diaryl/α,β-unsaturated/α-hetero) is 2. The molecule has 15 heteroatoms. The molecule has 6 N–H and O–H groups in total. The number of aliphatic carboxylic acids is 1. The maximum Gasteiger partial charge on any atom is 0.326 e. The number of carbonyl (C=O) groups is 7. The van der Waals surface area contributed by atoms with Crippen LogP contribution >= 0.6 is 0 Å². The van der Waals surface area contributed by atoms with E-state index < -0.39 is 90.7 Å². The highest BCUT2D eigenvalue weighted by Gasteiger charge is 2.34. The number of aryl methyl sites for hydroxylation is 1. The summed E-state index contributed by atoms with van der Waals surface area (Å²) in [5, 5.41) is 46.7. The lowest BCUT2D eigenvalue weighted by Crippen LogP contribution is -2.53. The first-order chi connectivity index (χ1) is 30.4. The predicted octanol–water partition coefficient (Wildman–Crippen LogP) is 4.98. The van der Waals surface area contributed by atoms with Gasteiger partial charge in [0.05, 0.1) is 12.6 Å². The number of aromatic hydroxyl groups is 2. The van der Waals surface area contributed by atoms with Crippen molar-refractivity contribution in [2.24, 2.45) is 5.92 Å². The summed E-state index contributed by atoms with van der Waals surface area (Å²) in [5.74, 6) is -6.68. The van der Waals surface area contributed by atoms with Crippen LogP contribution in [-0.2, 0) is 41.6 Å². The van der Waals surface area contributed by atoms with Crippen LogP contribution in [0.15, 0.2) is 84.9 Å². The van der Waals surface area contributed by atoms with E-state index in [-0.39, 0.29) is 46.6 Å². The van der Waals surface area contributed by atoms with Gasteiger partial charge in [-0.2, -0.15) is 0 Å². The van der Waals surface area contributed by atoms with Gasteiger partial charge in [-0.3, -0.25) is 28.8 Å². The number of likely N-dealkylation sites (N-methyl/N-ethyl adjacent to an activating group) is 2. The monoisotopic (exact) mass is 876 g/mol. The number of phenolic OH excluding ortho intramolecular Hbond substituents is 2. The van der Waals surface area contributed by atoms with Gasteiger partial charge in [-0.15, -0.1) is 0 Å². The van der Waals surface area contributed by atoms with Crippen molar-refractivity contribution in [3.8, 4) is 33.8 Å². The van der Waals surface area contributed by atoms with E-state index in [1.807, 2.05) is 12.1 Å². The second kappa shape index (κ2) is 21.5. The fourth-order valence-electron chi connectivity index (χ4n) is 7.68. The lowest BCUT2D eigenvalue weighted by atomic mass is 9.89. The van der Waals surface area contributed by atoms with Gasteiger partial charge in [-0.1, -0.05) is 68.8 Å². The Morgan fingerprint density at radius 3 is 2.05 bits per heavy atom. The maximum atomic E-state index is 14.0. The molecule has 1 heterocycles. The first-order valence-electron chi connectivity index (χ1n) is 21.3. The van der Waals surface area contributed by atoms with E-state index in [1.165, 1.54) is 69.9 Å². The Balaban J connectivity index is 1.25. The fraction of sp³-hybridized carbons (Fsp3) is 0.367. The molecule has 0 unspecified atom stereocenters. The van der Waals surface area contributed by atoms with E-state index in [0.29, 0.717) is 5.56 Å². The highest BCUT2D eigenvalue weighted by atomic mass is 16.4. The zero-order valence-corrected chi connectivity index (χ0v) is 36.7.